The molecule has 3 aromatic rings. The maximum atomic E-state index is 12.4. The Labute approximate surface area is 141 Å². The summed E-state index contributed by atoms with van der Waals surface area (Å²) in [6, 6.07) is 12.8. The smallest absolute Gasteiger partial charge is 0.257 e. The van der Waals surface area contributed by atoms with Crippen LogP contribution in [-0.4, -0.2) is 10.9 Å². The third kappa shape index (κ3) is 2.85. The second-order valence-electron chi connectivity index (χ2n) is 4.91. The molecule has 0 radical (unpaired) electrons. The van der Waals surface area contributed by atoms with Gasteiger partial charge in [0.15, 0.2) is 0 Å². The first-order valence-corrected chi connectivity index (χ1v) is 7.84. The SMILES string of the molecule is Cc1ccc(NC(=O)c2ccc(Br)cc2Cl)c2cccnc12. The molecule has 110 valence electrons. The number of halogens is 2. The van der Waals surface area contributed by atoms with Crippen LogP contribution in [0.5, 0.6) is 0 Å². The number of pyridine rings is 1. The Morgan fingerprint density at radius 2 is 2.05 bits per heavy atom. The van der Waals surface area contributed by atoms with Crippen LogP contribution < -0.4 is 5.32 Å². The number of carbonyl (C=O) groups is 1. The van der Waals surface area contributed by atoms with Gasteiger partial charge >= 0.3 is 0 Å². The van der Waals surface area contributed by atoms with E-state index < -0.39 is 0 Å². The lowest BCUT2D eigenvalue weighted by Crippen LogP contribution is -2.13. The van der Waals surface area contributed by atoms with Crippen LogP contribution in [0.15, 0.2) is 53.1 Å². The minimum atomic E-state index is -0.244. The monoisotopic (exact) mass is 374 g/mol. The second-order valence-corrected chi connectivity index (χ2v) is 6.23. The van der Waals surface area contributed by atoms with E-state index >= 15 is 0 Å². The highest BCUT2D eigenvalue weighted by Crippen LogP contribution is 2.27. The molecule has 0 saturated heterocycles. The predicted octanol–water partition coefficient (Wildman–Crippen LogP) is 5.21. The molecule has 2 aromatic carbocycles. The van der Waals surface area contributed by atoms with Gasteiger partial charge < -0.3 is 5.32 Å². The molecule has 1 N–H and O–H groups in total. The summed E-state index contributed by atoms with van der Waals surface area (Å²) in [7, 11) is 0. The Bertz CT molecular complexity index is 880. The van der Waals surface area contributed by atoms with Gasteiger partial charge in [0.05, 0.1) is 21.8 Å². The van der Waals surface area contributed by atoms with Crippen molar-refractivity contribution in [3.05, 3.63) is 69.3 Å². The average molecular weight is 376 g/mol. The summed E-state index contributed by atoms with van der Waals surface area (Å²) < 4.78 is 0.832. The molecule has 0 bridgehead atoms. The summed E-state index contributed by atoms with van der Waals surface area (Å²) in [5, 5.41) is 4.22. The van der Waals surface area contributed by atoms with Gasteiger partial charge in [-0.3, -0.25) is 9.78 Å². The number of benzene rings is 2. The van der Waals surface area contributed by atoms with Gasteiger partial charge in [-0.15, -0.1) is 0 Å². The van der Waals surface area contributed by atoms with E-state index in [9.17, 15) is 4.79 Å². The van der Waals surface area contributed by atoms with Crippen molar-refractivity contribution in [3.63, 3.8) is 0 Å². The quantitative estimate of drug-likeness (QED) is 0.668. The Hall–Kier alpha value is -1.91. The van der Waals surface area contributed by atoms with Crippen molar-refractivity contribution in [1.29, 1.82) is 0 Å². The lowest BCUT2D eigenvalue weighted by Gasteiger charge is -2.11. The van der Waals surface area contributed by atoms with E-state index in [0.29, 0.717) is 10.6 Å². The van der Waals surface area contributed by atoms with Gasteiger partial charge in [-0.25, -0.2) is 0 Å². The van der Waals surface area contributed by atoms with Crippen LogP contribution in [0.4, 0.5) is 5.69 Å². The van der Waals surface area contributed by atoms with E-state index in [1.165, 1.54) is 0 Å². The van der Waals surface area contributed by atoms with Crippen LogP contribution in [0.3, 0.4) is 0 Å². The van der Waals surface area contributed by atoms with Crippen molar-refractivity contribution in [2.45, 2.75) is 6.92 Å². The Kier molecular flexibility index (Phi) is 4.14. The standard InChI is InChI=1S/C17H12BrClN2O/c1-10-4-7-15(13-3-2-8-20-16(10)13)21-17(22)12-6-5-11(18)9-14(12)19/h2-9H,1H3,(H,21,22). The molecule has 0 atom stereocenters. The van der Waals surface area contributed by atoms with Gasteiger partial charge in [0.2, 0.25) is 0 Å². The topological polar surface area (TPSA) is 42.0 Å². The van der Waals surface area contributed by atoms with E-state index in [2.05, 4.69) is 26.2 Å². The molecule has 1 heterocycles. The number of nitrogens with one attached hydrogen (secondary N) is 1. The molecule has 0 aliphatic rings. The number of hydrogen-bond acceptors (Lipinski definition) is 2. The molecule has 22 heavy (non-hydrogen) atoms. The molecule has 0 aliphatic carbocycles. The Balaban J connectivity index is 2.00. The summed E-state index contributed by atoms with van der Waals surface area (Å²) in [5.74, 6) is -0.244. The fraction of sp³-hybridized carbons (Fsp3) is 0.0588. The fourth-order valence-electron chi connectivity index (χ4n) is 2.29. The Morgan fingerprint density at radius 3 is 2.82 bits per heavy atom. The van der Waals surface area contributed by atoms with E-state index in [1.807, 2.05) is 31.2 Å². The molecule has 0 aliphatic heterocycles. The minimum Gasteiger partial charge on any atom is -0.321 e. The van der Waals surface area contributed by atoms with Gasteiger partial charge in [-0.05, 0) is 48.9 Å². The number of carbonyl (C=O) groups excluding carboxylic acids is 1. The number of anilines is 1. The highest BCUT2D eigenvalue weighted by atomic mass is 79.9. The van der Waals surface area contributed by atoms with Crippen LogP contribution >= 0.6 is 27.5 Å². The fourth-order valence-corrected chi connectivity index (χ4v) is 3.05. The molecule has 0 saturated carbocycles. The summed E-state index contributed by atoms with van der Waals surface area (Å²) in [4.78, 5) is 16.8. The number of aryl methyl sites for hydroxylation is 1. The van der Waals surface area contributed by atoms with Crippen molar-refractivity contribution in [2.24, 2.45) is 0 Å². The van der Waals surface area contributed by atoms with Gasteiger partial charge in [0, 0.05) is 16.1 Å². The van der Waals surface area contributed by atoms with Crippen LogP contribution in [0, 0.1) is 6.92 Å². The maximum absolute atomic E-state index is 12.4. The second kappa shape index (κ2) is 6.07. The van der Waals surface area contributed by atoms with E-state index in [-0.39, 0.29) is 5.91 Å². The van der Waals surface area contributed by atoms with Crippen LogP contribution in [0.25, 0.3) is 10.9 Å². The molecule has 1 aromatic heterocycles. The number of aromatic nitrogens is 1. The molecule has 5 heteroatoms. The van der Waals surface area contributed by atoms with Crippen LogP contribution in [0.1, 0.15) is 15.9 Å². The summed E-state index contributed by atoms with van der Waals surface area (Å²) in [6.45, 7) is 1.99. The third-order valence-electron chi connectivity index (χ3n) is 3.40. The summed E-state index contributed by atoms with van der Waals surface area (Å²) >= 11 is 9.46. The first kappa shape index (κ1) is 15.0. The first-order chi connectivity index (χ1) is 10.6. The number of hydrogen-bond donors (Lipinski definition) is 1. The molecule has 0 fully saturated rings. The zero-order chi connectivity index (χ0) is 15.7. The normalized spacial score (nSPS) is 10.7. The molecule has 3 rings (SSSR count). The number of fused-ring (bicyclic) bond motifs is 1. The maximum Gasteiger partial charge on any atom is 0.257 e. The third-order valence-corrected chi connectivity index (χ3v) is 4.20. The molecule has 1 amide bonds. The van der Waals surface area contributed by atoms with E-state index in [0.717, 1.165) is 26.6 Å². The largest absolute Gasteiger partial charge is 0.321 e. The molecule has 0 unspecified atom stereocenters. The minimum absolute atomic E-state index is 0.244. The number of nitrogens with zero attached hydrogens (tertiary/aromatic N) is 1. The number of amides is 1. The van der Waals surface area contributed by atoms with Crippen LogP contribution in [0.2, 0.25) is 5.02 Å². The van der Waals surface area contributed by atoms with Gasteiger partial charge in [0.1, 0.15) is 0 Å². The zero-order valence-electron chi connectivity index (χ0n) is 11.7. The Morgan fingerprint density at radius 1 is 1.23 bits per heavy atom. The number of rotatable bonds is 2. The molecule has 3 nitrogen and oxygen atoms in total. The molecular formula is C17H12BrClN2O. The highest BCUT2D eigenvalue weighted by Gasteiger charge is 2.13. The predicted molar refractivity (Wildman–Crippen MR) is 93.6 cm³/mol. The van der Waals surface area contributed by atoms with Gasteiger partial charge in [-0.2, -0.15) is 0 Å². The van der Waals surface area contributed by atoms with Crippen molar-refractivity contribution in [3.8, 4) is 0 Å². The van der Waals surface area contributed by atoms with Gasteiger partial charge in [-0.1, -0.05) is 33.6 Å². The zero-order valence-corrected chi connectivity index (χ0v) is 14.1. The van der Waals surface area contributed by atoms with Crippen molar-refractivity contribution >= 4 is 50.0 Å². The summed E-state index contributed by atoms with van der Waals surface area (Å²) in [6.07, 6.45) is 1.74. The van der Waals surface area contributed by atoms with E-state index in [4.69, 9.17) is 11.6 Å². The molecule has 0 spiro atoms. The highest BCUT2D eigenvalue weighted by molar-refractivity contribution is 9.10. The van der Waals surface area contributed by atoms with Crippen molar-refractivity contribution < 1.29 is 4.79 Å². The van der Waals surface area contributed by atoms with Crippen LogP contribution in [-0.2, 0) is 0 Å². The molecular weight excluding hydrogens is 364 g/mol. The lowest BCUT2D eigenvalue weighted by molar-refractivity contribution is 0.102. The summed E-state index contributed by atoms with van der Waals surface area (Å²) in [5.41, 5.74) is 3.10. The van der Waals surface area contributed by atoms with Gasteiger partial charge in [0.25, 0.3) is 5.91 Å². The van der Waals surface area contributed by atoms with E-state index in [1.54, 1.807) is 24.4 Å². The first-order valence-electron chi connectivity index (χ1n) is 6.67. The lowest BCUT2D eigenvalue weighted by atomic mass is 10.1. The van der Waals surface area contributed by atoms with Crippen molar-refractivity contribution in [1.82, 2.24) is 4.98 Å². The van der Waals surface area contributed by atoms with Crippen molar-refractivity contribution in [2.75, 3.05) is 5.32 Å². The average Bonchev–Trinajstić information content (AvgIpc) is 2.50.